The van der Waals surface area contributed by atoms with E-state index in [1.165, 1.54) is 33.6 Å². The molecule has 0 spiro atoms. The molecule has 1 saturated heterocycles. The summed E-state index contributed by atoms with van der Waals surface area (Å²) >= 11 is 0. The van der Waals surface area contributed by atoms with E-state index in [1.54, 1.807) is 0 Å². The highest BCUT2D eigenvalue weighted by Gasteiger charge is 2.18. The normalized spacial score (nSPS) is 15.7. The highest BCUT2D eigenvalue weighted by atomic mass is 15.3. The smallest absolute Gasteiger partial charge is 0.160 e. The summed E-state index contributed by atoms with van der Waals surface area (Å²) in [5, 5.41) is 3.56. The van der Waals surface area contributed by atoms with Crippen LogP contribution in [0.1, 0.15) is 30.7 Å². The number of hydrogen-bond acceptors (Lipinski definition) is 5. The van der Waals surface area contributed by atoms with Gasteiger partial charge in [-0.25, -0.2) is 9.97 Å². The molecule has 1 aromatic carbocycles. The maximum absolute atomic E-state index is 4.76. The maximum Gasteiger partial charge on any atom is 0.160 e. The third-order valence-electron chi connectivity index (χ3n) is 7.39. The van der Waals surface area contributed by atoms with Crippen molar-refractivity contribution in [1.82, 2.24) is 19.3 Å². The maximum atomic E-state index is 4.76. The van der Waals surface area contributed by atoms with Crippen molar-refractivity contribution in [2.24, 2.45) is 0 Å². The van der Waals surface area contributed by atoms with Crippen molar-refractivity contribution in [3.05, 3.63) is 77.9 Å². The number of aryl methyl sites for hydroxylation is 1. The Bertz CT molecular complexity index is 1380. The van der Waals surface area contributed by atoms with Crippen LogP contribution in [0.2, 0.25) is 0 Å². The van der Waals surface area contributed by atoms with Gasteiger partial charge >= 0.3 is 0 Å². The van der Waals surface area contributed by atoms with Gasteiger partial charge < -0.3 is 19.5 Å². The molecule has 6 rings (SSSR count). The summed E-state index contributed by atoms with van der Waals surface area (Å²) in [5.41, 5.74) is 9.55. The molecule has 0 atom stereocenters. The Morgan fingerprint density at radius 3 is 2.63 bits per heavy atom. The molecule has 6 nitrogen and oxygen atoms in total. The minimum absolute atomic E-state index is 0.833. The molecule has 0 radical (unpaired) electrons. The molecule has 35 heavy (non-hydrogen) atoms. The number of nitrogens with one attached hydrogen (secondary N) is 1. The van der Waals surface area contributed by atoms with Gasteiger partial charge in [-0.1, -0.05) is 44.2 Å². The first kappa shape index (κ1) is 21.9. The second-order valence-corrected chi connectivity index (χ2v) is 9.36. The molecule has 1 aliphatic carbocycles. The highest BCUT2D eigenvalue weighted by Crippen LogP contribution is 2.34. The Kier molecular flexibility index (Phi) is 5.74. The molecule has 1 aliphatic heterocycles. The second-order valence-electron chi connectivity index (χ2n) is 9.36. The SMILES string of the molecule is CCc1c(-c2ccc3c(c2)CC=C3)cc(Nc2ccc(N3CCN(CC)CC3)cn2)c2nccn12. The zero-order valence-corrected chi connectivity index (χ0v) is 20.5. The minimum atomic E-state index is 0.833. The Morgan fingerprint density at radius 1 is 0.971 bits per heavy atom. The van der Waals surface area contributed by atoms with E-state index >= 15 is 0 Å². The number of likely N-dealkylation sites (N-methyl/N-ethyl adjacent to an activating group) is 1. The Hall–Kier alpha value is -3.64. The average molecular weight is 465 g/mol. The van der Waals surface area contributed by atoms with Crippen LogP contribution in [0, 0.1) is 0 Å². The number of rotatable bonds is 6. The molecule has 1 N–H and O–H groups in total. The van der Waals surface area contributed by atoms with E-state index in [9.17, 15) is 0 Å². The second kappa shape index (κ2) is 9.19. The van der Waals surface area contributed by atoms with Crippen molar-refractivity contribution >= 4 is 28.9 Å². The van der Waals surface area contributed by atoms with Gasteiger partial charge in [0.1, 0.15) is 5.82 Å². The van der Waals surface area contributed by atoms with E-state index in [0.717, 1.165) is 62.7 Å². The first-order chi connectivity index (χ1) is 17.2. The first-order valence-electron chi connectivity index (χ1n) is 12.7. The van der Waals surface area contributed by atoms with Crippen LogP contribution in [0.15, 0.2) is 61.1 Å². The third kappa shape index (κ3) is 4.08. The summed E-state index contributed by atoms with van der Waals surface area (Å²) in [6.45, 7) is 9.89. The Labute approximate surface area is 206 Å². The molecule has 0 amide bonds. The van der Waals surface area contributed by atoms with E-state index in [2.05, 4.69) is 93.1 Å². The van der Waals surface area contributed by atoms with E-state index < -0.39 is 0 Å². The molecule has 6 heteroatoms. The van der Waals surface area contributed by atoms with Crippen LogP contribution in [0.5, 0.6) is 0 Å². The lowest BCUT2D eigenvalue weighted by Gasteiger charge is -2.35. The number of anilines is 3. The summed E-state index contributed by atoms with van der Waals surface area (Å²) in [6, 6.07) is 13.3. The topological polar surface area (TPSA) is 48.7 Å². The molecule has 0 bridgehead atoms. The number of pyridine rings is 2. The van der Waals surface area contributed by atoms with Crippen molar-refractivity contribution in [1.29, 1.82) is 0 Å². The standard InChI is InChI=1S/C29H32N6/c1-3-27-25(23-9-8-21-6-5-7-22(21)18-23)19-26(29-30-12-13-35(27)29)32-28-11-10-24(20-31-28)34-16-14-33(4-2)15-17-34/h5-6,8-13,18-20H,3-4,7,14-17H2,1-2H3,(H,31,32). The lowest BCUT2D eigenvalue weighted by molar-refractivity contribution is 0.271. The molecule has 4 heterocycles. The summed E-state index contributed by atoms with van der Waals surface area (Å²) < 4.78 is 2.21. The summed E-state index contributed by atoms with van der Waals surface area (Å²) in [6.07, 6.45) is 12.3. The zero-order chi connectivity index (χ0) is 23.8. The van der Waals surface area contributed by atoms with E-state index in [-0.39, 0.29) is 0 Å². The Morgan fingerprint density at radius 2 is 1.86 bits per heavy atom. The highest BCUT2D eigenvalue weighted by molar-refractivity contribution is 5.82. The molecule has 1 fully saturated rings. The molecule has 0 unspecified atom stereocenters. The van der Waals surface area contributed by atoms with Crippen molar-refractivity contribution in [2.45, 2.75) is 26.7 Å². The first-order valence-corrected chi connectivity index (χ1v) is 12.7. The van der Waals surface area contributed by atoms with E-state index in [4.69, 9.17) is 4.98 Å². The van der Waals surface area contributed by atoms with Gasteiger partial charge in [-0.2, -0.15) is 0 Å². The van der Waals surface area contributed by atoms with Gasteiger partial charge in [0.25, 0.3) is 0 Å². The molecular formula is C29H32N6. The molecule has 3 aromatic heterocycles. The van der Waals surface area contributed by atoms with Crippen LogP contribution < -0.4 is 10.2 Å². The van der Waals surface area contributed by atoms with Crippen molar-refractivity contribution in [2.75, 3.05) is 42.9 Å². The number of hydrogen-bond donors (Lipinski definition) is 1. The fourth-order valence-electron chi connectivity index (χ4n) is 5.38. The number of allylic oxidation sites excluding steroid dienone is 1. The van der Waals surface area contributed by atoms with E-state index in [0.29, 0.717) is 0 Å². The van der Waals surface area contributed by atoms with Crippen LogP contribution in [0.3, 0.4) is 0 Å². The lowest BCUT2D eigenvalue weighted by atomic mass is 9.97. The fraction of sp³-hybridized carbons (Fsp3) is 0.310. The number of imidazole rings is 1. The fourth-order valence-corrected chi connectivity index (χ4v) is 5.38. The largest absolute Gasteiger partial charge is 0.368 e. The minimum Gasteiger partial charge on any atom is -0.368 e. The van der Waals surface area contributed by atoms with Crippen molar-refractivity contribution in [3.8, 4) is 11.1 Å². The number of benzene rings is 1. The van der Waals surface area contributed by atoms with Crippen LogP contribution in [0.4, 0.5) is 17.2 Å². The number of fused-ring (bicyclic) bond motifs is 2. The lowest BCUT2D eigenvalue weighted by Crippen LogP contribution is -2.46. The van der Waals surface area contributed by atoms with Gasteiger partial charge in [0.2, 0.25) is 0 Å². The van der Waals surface area contributed by atoms with Gasteiger partial charge in [0.15, 0.2) is 5.65 Å². The number of aromatic nitrogens is 3. The van der Waals surface area contributed by atoms with Crippen LogP contribution in [0.25, 0.3) is 22.9 Å². The monoisotopic (exact) mass is 464 g/mol. The van der Waals surface area contributed by atoms with Gasteiger partial charge in [-0.3, -0.25) is 0 Å². The van der Waals surface area contributed by atoms with Gasteiger partial charge in [-0.05, 0) is 54.3 Å². The molecular weight excluding hydrogens is 432 g/mol. The van der Waals surface area contributed by atoms with Crippen LogP contribution in [-0.2, 0) is 12.8 Å². The summed E-state index contributed by atoms with van der Waals surface area (Å²) in [5.74, 6) is 0.833. The Balaban J connectivity index is 1.31. The van der Waals surface area contributed by atoms with Crippen LogP contribution >= 0.6 is 0 Å². The average Bonchev–Trinajstić information content (AvgIpc) is 3.59. The van der Waals surface area contributed by atoms with Gasteiger partial charge in [-0.15, -0.1) is 0 Å². The molecule has 2 aliphatic rings. The summed E-state index contributed by atoms with van der Waals surface area (Å²) in [4.78, 5) is 14.3. The van der Waals surface area contributed by atoms with Crippen molar-refractivity contribution < 1.29 is 0 Å². The predicted molar refractivity (Wildman–Crippen MR) is 145 cm³/mol. The van der Waals surface area contributed by atoms with E-state index in [1.807, 2.05) is 12.4 Å². The quantitative estimate of drug-likeness (QED) is 0.413. The zero-order valence-electron chi connectivity index (χ0n) is 20.5. The molecule has 0 saturated carbocycles. The predicted octanol–water partition coefficient (Wildman–Crippen LogP) is 5.41. The van der Waals surface area contributed by atoms with Crippen LogP contribution in [-0.4, -0.2) is 52.0 Å². The summed E-state index contributed by atoms with van der Waals surface area (Å²) in [7, 11) is 0. The molecule has 178 valence electrons. The number of piperazine rings is 1. The van der Waals surface area contributed by atoms with Crippen molar-refractivity contribution in [3.63, 3.8) is 0 Å². The van der Waals surface area contributed by atoms with Gasteiger partial charge in [0.05, 0.1) is 17.6 Å². The third-order valence-corrected chi connectivity index (χ3v) is 7.39. The van der Waals surface area contributed by atoms with Gasteiger partial charge in [0, 0.05) is 49.8 Å². The molecule has 4 aromatic rings. The number of nitrogens with zero attached hydrogens (tertiary/aromatic N) is 5.